The van der Waals surface area contributed by atoms with Crippen LogP contribution in [-0.4, -0.2) is 26.2 Å². The number of hydrogen-bond donors (Lipinski definition) is 0. The quantitative estimate of drug-likeness (QED) is 0.0795. The molecule has 0 saturated heterocycles. The molecule has 198 valence electrons. The monoisotopic (exact) mass is 494 g/mol. The summed E-state index contributed by atoms with van der Waals surface area (Å²) in [4.78, 5) is 22.0. The number of carbonyl (C=O) groups excluding carboxylic acids is 2. The molecule has 0 aliphatic heterocycles. The molecule has 0 aromatic heterocycles. The molecule has 0 saturated carbocycles. The molecule has 0 atom stereocenters. The summed E-state index contributed by atoms with van der Waals surface area (Å²) in [5, 5.41) is 0. The number of unbranched alkanes of at least 4 members (excludes halogenated alkanes) is 12. The van der Waals surface area contributed by atoms with Gasteiger partial charge in [0.1, 0.15) is 0 Å². The fraction of sp³-hybridized carbons (Fsp3) is 0.562. The highest BCUT2D eigenvalue weighted by Gasteiger charge is 1.99. The molecular weight excluding hydrogens is 448 g/mol. The highest BCUT2D eigenvalue weighted by molar-refractivity contribution is 5.69. The van der Waals surface area contributed by atoms with Gasteiger partial charge < -0.3 is 9.47 Å². The topological polar surface area (TPSA) is 52.6 Å². The number of allylic oxidation sites excluding steroid dienone is 8. The Morgan fingerprint density at radius 1 is 0.500 bits per heavy atom. The Morgan fingerprint density at radius 2 is 0.833 bits per heavy atom. The van der Waals surface area contributed by atoms with Crippen molar-refractivity contribution in [2.24, 2.45) is 0 Å². The molecule has 36 heavy (non-hydrogen) atoms. The highest BCUT2D eigenvalue weighted by Crippen LogP contribution is 2.09. The zero-order valence-electron chi connectivity index (χ0n) is 22.6. The predicted molar refractivity (Wildman–Crippen MR) is 150 cm³/mol. The van der Waals surface area contributed by atoms with Crippen LogP contribution >= 0.6 is 0 Å². The summed E-state index contributed by atoms with van der Waals surface area (Å²) in [7, 11) is 2.88. The van der Waals surface area contributed by atoms with E-state index in [4.69, 9.17) is 0 Å². The van der Waals surface area contributed by atoms with Crippen molar-refractivity contribution >= 4 is 11.9 Å². The SMILES string of the molecule is COC(=O)CCCCCCCCC#C\C=C/C=C/C=C/C=C/C#CCCCCCCCCC(=O)OC. The van der Waals surface area contributed by atoms with E-state index in [9.17, 15) is 9.59 Å². The maximum Gasteiger partial charge on any atom is 0.305 e. The zero-order valence-corrected chi connectivity index (χ0v) is 22.6. The summed E-state index contributed by atoms with van der Waals surface area (Å²) in [6.45, 7) is 0. The average Bonchev–Trinajstić information content (AvgIpc) is 2.89. The minimum atomic E-state index is -0.109. The molecule has 0 N–H and O–H groups in total. The summed E-state index contributed by atoms with van der Waals surface area (Å²) < 4.78 is 9.27. The lowest BCUT2D eigenvalue weighted by atomic mass is 10.1. The van der Waals surface area contributed by atoms with Gasteiger partial charge in [0.05, 0.1) is 14.2 Å². The molecule has 0 bridgehead atoms. The van der Waals surface area contributed by atoms with Gasteiger partial charge in [-0.2, -0.15) is 0 Å². The first-order valence-corrected chi connectivity index (χ1v) is 13.5. The van der Waals surface area contributed by atoms with E-state index in [0.717, 1.165) is 51.4 Å². The highest BCUT2D eigenvalue weighted by atomic mass is 16.5. The fourth-order valence-electron chi connectivity index (χ4n) is 3.31. The summed E-state index contributed by atoms with van der Waals surface area (Å²) in [5.74, 6) is 12.3. The first kappa shape index (κ1) is 33.0. The smallest absolute Gasteiger partial charge is 0.305 e. The van der Waals surface area contributed by atoms with Crippen molar-refractivity contribution in [1.29, 1.82) is 0 Å². The molecule has 0 heterocycles. The summed E-state index contributed by atoms with van der Waals surface area (Å²) in [6, 6.07) is 0. The third-order valence-electron chi connectivity index (χ3n) is 5.44. The van der Waals surface area contributed by atoms with Crippen LogP contribution in [0.15, 0.2) is 48.6 Å². The van der Waals surface area contributed by atoms with E-state index in [1.54, 1.807) is 0 Å². The van der Waals surface area contributed by atoms with E-state index >= 15 is 0 Å². The van der Waals surface area contributed by atoms with E-state index in [1.165, 1.54) is 52.7 Å². The largest absolute Gasteiger partial charge is 0.469 e. The molecule has 0 rings (SSSR count). The molecule has 0 aromatic carbocycles. The lowest BCUT2D eigenvalue weighted by molar-refractivity contribution is -0.141. The van der Waals surface area contributed by atoms with Crippen molar-refractivity contribution in [2.45, 2.75) is 103 Å². The molecule has 0 aliphatic carbocycles. The maximum atomic E-state index is 11.0. The predicted octanol–water partition coefficient (Wildman–Crippen LogP) is 7.81. The normalized spacial score (nSPS) is 11.1. The van der Waals surface area contributed by atoms with Gasteiger partial charge in [-0.1, -0.05) is 112 Å². The molecule has 0 aromatic rings. The Hall–Kier alpha value is -2.98. The Kier molecular flexibility index (Phi) is 25.9. The van der Waals surface area contributed by atoms with Crippen LogP contribution in [0.25, 0.3) is 0 Å². The van der Waals surface area contributed by atoms with Crippen LogP contribution in [0.4, 0.5) is 0 Å². The van der Waals surface area contributed by atoms with Crippen molar-refractivity contribution in [1.82, 2.24) is 0 Å². The van der Waals surface area contributed by atoms with Gasteiger partial charge in [-0.15, -0.1) is 0 Å². The average molecular weight is 495 g/mol. The molecule has 0 amide bonds. The van der Waals surface area contributed by atoms with Crippen LogP contribution in [-0.2, 0) is 19.1 Å². The van der Waals surface area contributed by atoms with Gasteiger partial charge in [-0.05, 0) is 37.8 Å². The number of carbonyl (C=O) groups is 2. The van der Waals surface area contributed by atoms with Crippen LogP contribution < -0.4 is 0 Å². The van der Waals surface area contributed by atoms with E-state index in [1.807, 2.05) is 48.6 Å². The van der Waals surface area contributed by atoms with Gasteiger partial charge in [0.2, 0.25) is 0 Å². The third-order valence-corrected chi connectivity index (χ3v) is 5.44. The molecule has 0 radical (unpaired) electrons. The zero-order chi connectivity index (χ0) is 26.4. The number of hydrogen-bond acceptors (Lipinski definition) is 4. The minimum absolute atomic E-state index is 0.109. The molecule has 4 heteroatoms. The second kappa shape index (κ2) is 28.3. The van der Waals surface area contributed by atoms with Crippen LogP contribution in [0.1, 0.15) is 103 Å². The van der Waals surface area contributed by atoms with Crippen LogP contribution in [0.3, 0.4) is 0 Å². The van der Waals surface area contributed by atoms with Crippen LogP contribution in [0.2, 0.25) is 0 Å². The first-order valence-electron chi connectivity index (χ1n) is 13.5. The molecule has 0 unspecified atom stereocenters. The van der Waals surface area contributed by atoms with E-state index in [-0.39, 0.29) is 11.9 Å². The van der Waals surface area contributed by atoms with Crippen molar-refractivity contribution < 1.29 is 19.1 Å². The second-order valence-electron chi connectivity index (χ2n) is 8.53. The van der Waals surface area contributed by atoms with Gasteiger partial charge in [-0.3, -0.25) is 9.59 Å². The van der Waals surface area contributed by atoms with Gasteiger partial charge in [0, 0.05) is 25.7 Å². The van der Waals surface area contributed by atoms with Gasteiger partial charge in [0.15, 0.2) is 0 Å². The van der Waals surface area contributed by atoms with Crippen molar-refractivity contribution in [3.8, 4) is 23.7 Å². The van der Waals surface area contributed by atoms with Crippen molar-refractivity contribution in [3.05, 3.63) is 48.6 Å². The second-order valence-corrected chi connectivity index (χ2v) is 8.53. The van der Waals surface area contributed by atoms with Crippen LogP contribution in [0.5, 0.6) is 0 Å². The summed E-state index contributed by atoms with van der Waals surface area (Å²) in [6.07, 6.45) is 31.9. The summed E-state index contributed by atoms with van der Waals surface area (Å²) >= 11 is 0. The Morgan fingerprint density at radius 3 is 1.22 bits per heavy atom. The van der Waals surface area contributed by atoms with E-state index in [0.29, 0.717) is 12.8 Å². The number of esters is 2. The minimum Gasteiger partial charge on any atom is -0.469 e. The lowest BCUT2D eigenvalue weighted by Gasteiger charge is -2.00. The third kappa shape index (κ3) is 27.3. The molecule has 0 fully saturated rings. The molecule has 0 aliphatic rings. The Bertz CT molecular complexity index is 725. The number of ether oxygens (including phenoxy) is 2. The number of methoxy groups -OCH3 is 2. The van der Waals surface area contributed by atoms with Crippen molar-refractivity contribution in [2.75, 3.05) is 14.2 Å². The van der Waals surface area contributed by atoms with E-state index < -0.39 is 0 Å². The van der Waals surface area contributed by atoms with E-state index in [2.05, 4.69) is 33.2 Å². The Balaban J connectivity index is 3.58. The van der Waals surface area contributed by atoms with Gasteiger partial charge in [-0.25, -0.2) is 0 Å². The molecule has 0 spiro atoms. The van der Waals surface area contributed by atoms with Gasteiger partial charge >= 0.3 is 11.9 Å². The fourth-order valence-corrected chi connectivity index (χ4v) is 3.31. The lowest BCUT2D eigenvalue weighted by Crippen LogP contribution is -1.99. The molecule has 4 nitrogen and oxygen atoms in total. The van der Waals surface area contributed by atoms with Gasteiger partial charge in [0.25, 0.3) is 0 Å². The standard InChI is InChI=1S/C32H46O4/c1-35-31(33)29-27-25-23-21-19-17-15-13-11-9-7-5-3-4-6-8-10-12-14-16-18-20-22-24-26-28-30-32(34)36-2/h3-10H,15-30H2,1-2H3/b5-3+,6-4+,9-7-,10-8+. The first-order chi connectivity index (χ1) is 17.7. The summed E-state index contributed by atoms with van der Waals surface area (Å²) in [5.41, 5.74) is 0. The molecular formula is C32H46O4. The Labute approximate surface area is 220 Å². The number of rotatable bonds is 19. The maximum absolute atomic E-state index is 11.0. The van der Waals surface area contributed by atoms with Crippen molar-refractivity contribution in [3.63, 3.8) is 0 Å². The van der Waals surface area contributed by atoms with Crippen LogP contribution in [0, 0.1) is 23.7 Å².